The molecule has 4 aliphatic heterocycles. The van der Waals surface area contributed by atoms with Crippen molar-refractivity contribution in [3.8, 4) is 0 Å². The van der Waals surface area contributed by atoms with Gasteiger partial charge in [0.15, 0.2) is 0 Å². The van der Waals surface area contributed by atoms with Gasteiger partial charge in [0.1, 0.15) is 11.6 Å². The number of benzene rings is 1. The van der Waals surface area contributed by atoms with E-state index in [1.54, 1.807) is 4.90 Å². The van der Waals surface area contributed by atoms with E-state index in [1.807, 2.05) is 36.4 Å². The number of piperidine rings is 1. The van der Waals surface area contributed by atoms with Gasteiger partial charge in [0.25, 0.3) is 0 Å². The van der Waals surface area contributed by atoms with Crippen LogP contribution >= 0.6 is 15.9 Å². The highest BCUT2D eigenvalue weighted by molar-refractivity contribution is 9.10. The summed E-state index contributed by atoms with van der Waals surface area (Å²) < 4.78 is 7.41. The van der Waals surface area contributed by atoms with Gasteiger partial charge in [-0.05, 0) is 63.4 Å². The van der Waals surface area contributed by atoms with Crippen LogP contribution in [0.5, 0.6) is 0 Å². The van der Waals surface area contributed by atoms with Crippen LogP contribution in [0.1, 0.15) is 58.3 Å². The number of hydrogen-bond donors (Lipinski definition) is 2. The largest absolute Gasteiger partial charge is 0.359 e. The maximum absolute atomic E-state index is 14.2. The highest BCUT2D eigenvalue weighted by atomic mass is 79.9. The van der Waals surface area contributed by atoms with Crippen LogP contribution in [0.15, 0.2) is 40.9 Å². The van der Waals surface area contributed by atoms with Crippen molar-refractivity contribution < 1.29 is 19.1 Å². The minimum Gasteiger partial charge on any atom is -0.359 e. The third kappa shape index (κ3) is 4.95. The van der Waals surface area contributed by atoms with Crippen LogP contribution < -0.4 is 10.6 Å². The highest BCUT2D eigenvalue weighted by Crippen LogP contribution is 2.55. The molecule has 3 saturated heterocycles. The van der Waals surface area contributed by atoms with Crippen LogP contribution in [-0.2, 0) is 19.1 Å². The lowest BCUT2D eigenvalue weighted by Gasteiger charge is -2.37. The molecule has 6 rings (SSSR count). The van der Waals surface area contributed by atoms with Gasteiger partial charge in [0.2, 0.25) is 17.7 Å². The maximum Gasteiger partial charge on any atom is 0.246 e. The van der Waals surface area contributed by atoms with Crippen molar-refractivity contribution >= 4 is 39.3 Å². The molecule has 2 bridgehead atoms. The third-order valence-corrected chi connectivity index (χ3v) is 10.1. The quantitative estimate of drug-likeness (QED) is 0.465. The molecule has 1 aromatic carbocycles. The van der Waals surface area contributed by atoms with Crippen molar-refractivity contribution in [2.24, 2.45) is 11.8 Å². The van der Waals surface area contributed by atoms with Crippen LogP contribution in [0.25, 0.3) is 0 Å². The number of anilines is 1. The molecule has 1 saturated carbocycles. The summed E-state index contributed by atoms with van der Waals surface area (Å²) in [6, 6.07) is 7.19. The third-order valence-electron chi connectivity index (χ3n) is 9.56. The smallest absolute Gasteiger partial charge is 0.246 e. The van der Waals surface area contributed by atoms with E-state index in [9.17, 15) is 14.4 Å². The molecule has 3 amide bonds. The zero-order chi connectivity index (χ0) is 27.1. The first-order valence-corrected chi connectivity index (χ1v) is 15.5. The molecule has 1 aliphatic carbocycles. The van der Waals surface area contributed by atoms with Gasteiger partial charge in [-0.2, -0.15) is 0 Å². The van der Waals surface area contributed by atoms with Crippen molar-refractivity contribution in [3.05, 3.63) is 40.9 Å². The van der Waals surface area contributed by atoms with Gasteiger partial charge < -0.3 is 20.3 Å². The van der Waals surface area contributed by atoms with E-state index in [1.165, 1.54) is 12.8 Å². The molecule has 1 aromatic rings. The summed E-state index contributed by atoms with van der Waals surface area (Å²) in [5.74, 6) is -1.95. The lowest BCUT2D eigenvalue weighted by atomic mass is 9.74. The van der Waals surface area contributed by atoms with Crippen molar-refractivity contribution in [3.63, 3.8) is 0 Å². The fourth-order valence-corrected chi connectivity index (χ4v) is 7.78. The Bertz CT molecular complexity index is 1140. The molecule has 6 atom stereocenters. The van der Waals surface area contributed by atoms with Gasteiger partial charge in [0.05, 0.1) is 17.9 Å². The molecule has 8 nitrogen and oxygen atoms in total. The summed E-state index contributed by atoms with van der Waals surface area (Å²) >= 11 is 3.42. The molecular formula is C30H39BrN4O4. The highest BCUT2D eigenvalue weighted by Gasteiger charge is 2.72. The number of halogens is 1. The number of rotatable bonds is 7. The number of ether oxygens (including phenoxy) is 1. The fraction of sp³-hybridized carbons (Fsp3) is 0.633. The lowest BCUT2D eigenvalue weighted by Crippen LogP contribution is -2.57. The fourth-order valence-electron chi connectivity index (χ4n) is 7.52. The number of nitrogens with one attached hydrogen (secondary N) is 2. The molecule has 5 aliphatic rings. The molecule has 0 aromatic heterocycles. The second-order valence-corrected chi connectivity index (χ2v) is 12.9. The Morgan fingerprint density at radius 1 is 1.03 bits per heavy atom. The Hall–Kier alpha value is -2.23. The number of nitrogens with zero attached hydrogens (tertiary/aromatic N) is 2. The van der Waals surface area contributed by atoms with Crippen molar-refractivity contribution in [2.45, 2.75) is 88.1 Å². The SMILES string of the molecule is C[C@@H]1CCCCN1CCN1C(=O)[C@@H]2[C@H](C(=O)Nc3ccc(Br)cc3)[C@@H]3C=C[C@@]2(O3)[C@@H]1C(=O)NC1CCCCC1. The summed E-state index contributed by atoms with van der Waals surface area (Å²) in [5.41, 5.74) is -0.451. The first kappa shape index (κ1) is 27.0. The average Bonchev–Trinajstić information content (AvgIpc) is 3.57. The van der Waals surface area contributed by atoms with Crippen LogP contribution in [0, 0.1) is 11.8 Å². The standard InChI is InChI=1S/C30H39BrN4O4/c1-19-7-5-6-16-34(19)17-18-35-26(28(37)33-21-8-3-2-4-9-21)30-15-14-23(39-30)24(25(30)29(35)38)27(36)32-22-12-10-20(31)11-13-22/h10-15,19,21,23-26H,2-9,16-18H2,1H3,(H,32,36)(H,33,37)/t19-,23+,24-,25+,26+,30+/m1/s1. The maximum atomic E-state index is 14.2. The van der Waals surface area contributed by atoms with E-state index in [-0.39, 0.29) is 23.8 Å². The summed E-state index contributed by atoms with van der Waals surface area (Å²) in [7, 11) is 0. The summed E-state index contributed by atoms with van der Waals surface area (Å²) in [5, 5.41) is 6.26. The Morgan fingerprint density at radius 2 is 1.77 bits per heavy atom. The van der Waals surface area contributed by atoms with E-state index < -0.39 is 29.6 Å². The van der Waals surface area contributed by atoms with Crippen molar-refractivity contribution in [2.75, 3.05) is 25.0 Å². The number of carbonyl (C=O) groups excluding carboxylic acids is 3. The second-order valence-electron chi connectivity index (χ2n) is 12.0. The van der Waals surface area contributed by atoms with E-state index in [0.29, 0.717) is 24.8 Å². The molecule has 1 spiro atoms. The van der Waals surface area contributed by atoms with Crippen molar-refractivity contribution in [1.29, 1.82) is 0 Å². The Morgan fingerprint density at radius 3 is 2.51 bits per heavy atom. The Kier molecular flexibility index (Phi) is 7.59. The number of likely N-dealkylation sites (tertiary alicyclic amines) is 2. The monoisotopic (exact) mass is 598 g/mol. The average molecular weight is 600 g/mol. The zero-order valence-electron chi connectivity index (χ0n) is 22.6. The van der Waals surface area contributed by atoms with Crippen LogP contribution in [0.3, 0.4) is 0 Å². The lowest BCUT2D eigenvalue weighted by molar-refractivity contribution is -0.141. The molecular weight excluding hydrogens is 560 g/mol. The van der Waals surface area contributed by atoms with Gasteiger partial charge in [-0.25, -0.2) is 0 Å². The topological polar surface area (TPSA) is 91.0 Å². The summed E-state index contributed by atoms with van der Waals surface area (Å²) in [6.07, 6.45) is 12.1. The van der Waals surface area contributed by atoms with E-state index >= 15 is 0 Å². The number of hydrogen-bond acceptors (Lipinski definition) is 5. The van der Waals surface area contributed by atoms with Crippen molar-refractivity contribution in [1.82, 2.24) is 15.1 Å². The van der Waals surface area contributed by atoms with Gasteiger partial charge in [-0.15, -0.1) is 0 Å². The second kappa shape index (κ2) is 11.0. The molecule has 0 unspecified atom stereocenters. The van der Waals surface area contributed by atoms with Crippen LogP contribution in [0.2, 0.25) is 0 Å². The minimum atomic E-state index is -1.12. The normalized spacial score (nSPS) is 34.4. The van der Waals surface area contributed by atoms with E-state index in [2.05, 4.69) is 38.4 Å². The number of amides is 3. The minimum absolute atomic E-state index is 0.125. The van der Waals surface area contributed by atoms with E-state index in [4.69, 9.17) is 4.74 Å². The predicted molar refractivity (Wildman–Crippen MR) is 152 cm³/mol. The van der Waals surface area contributed by atoms with Gasteiger partial charge in [-0.3, -0.25) is 19.3 Å². The molecule has 2 N–H and O–H groups in total. The molecule has 0 radical (unpaired) electrons. The number of fused-ring (bicyclic) bond motifs is 1. The summed E-state index contributed by atoms with van der Waals surface area (Å²) in [4.78, 5) is 45.9. The van der Waals surface area contributed by atoms with Crippen LogP contribution in [-0.4, -0.2) is 77.0 Å². The van der Waals surface area contributed by atoms with Gasteiger partial charge in [0, 0.05) is 35.3 Å². The van der Waals surface area contributed by atoms with Gasteiger partial charge >= 0.3 is 0 Å². The molecule has 9 heteroatoms. The molecule has 4 fully saturated rings. The van der Waals surface area contributed by atoms with Crippen LogP contribution in [0.4, 0.5) is 5.69 Å². The molecule has 39 heavy (non-hydrogen) atoms. The Balaban J connectivity index is 1.27. The molecule has 210 valence electrons. The predicted octanol–water partition coefficient (Wildman–Crippen LogP) is 3.86. The zero-order valence-corrected chi connectivity index (χ0v) is 24.2. The van der Waals surface area contributed by atoms with E-state index in [0.717, 1.165) is 49.5 Å². The number of carbonyl (C=O) groups is 3. The Labute approximate surface area is 239 Å². The summed E-state index contributed by atoms with van der Waals surface area (Å²) in [6.45, 7) is 4.41. The first-order valence-electron chi connectivity index (χ1n) is 14.7. The molecule has 4 heterocycles. The van der Waals surface area contributed by atoms with Gasteiger partial charge in [-0.1, -0.05) is 53.8 Å². The first-order chi connectivity index (χ1) is 18.9.